The van der Waals surface area contributed by atoms with Gasteiger partial charge in [-0.2, -0.15) is 0 Å². The average Bonchev–Trinajstić information content (AvgIpc) is 3.24. The molecule has 1 aliphatic heterocycles. The van der Waals surface area contributed by atoms with Crippen LogP contribution in [0.25, 0.3) is 11.1 Å². The van der Waals surface area contributed by atoms with Gasteiger partial charge in [-0.15, -0.1) is 0 Å². The third-order valence-corrected chi connectivity index (χ3v) is 4.95. The number of nitro benzene ring substituents is 1. The Morgan fingerprint density at radius 2 is 1.87 bits per heavy atom. The Labute approximate surface area is 173 Å². The maximum Gasteiger partial charge on any atom is 0.340 e. The van der Waals surface area contributed by atoms with Crippen molar-refractivity contribution in [3.63, 3.8) is 0 Å². The summed E-state index contributed by atoms with van der Waals surface area (Å²) in [4.78, 5) is 41.0. The number of carbonyl (C=O) groups excluding carboxylic acids is 2. The molecule has 1 aromatic heterocycles. The quantitative estimate of drug-likeness (QED) is 0.401. The molecule has 0 aliphatic carbocycles. The molecule has 0 bridgehead atoms. The van der Waals surface area contributed by atoms with Crippen LogP contribution in [0, 0.1) is 24.0 Å². The first-order valence-corrected chi connectivity index (χ1v) is 9.47. The molecule has 30 heavy (non-hydrogen) atoms. The number of benzene rings is 1. The van der Waals surface area contributed by atoms with E-state index in [4.69, 9.17) is 14.2 Å². The molecule has 0 amide bonds. The van der Waals surface area contributed by atoms with Crippen LogP contribution in [0.4, 0.5) is 5.69 Å². The predicted octanol–water partition coefficient (Wildman–Crippen LogP) is 3.40. The summed E-state index contributed by atoms with van der Waals surface area (Å²) in [5.74, 6) is -1.48. The summed E-state index contributed by atoms with van der Waals surface area (Å²) in [6.07, 6.45) is 1.48. The van der Waals surface area contributed by atoms with Gasteiger partial charge in [0.25, 0.3) is 5.69 Å². The van der Waals surface area contributed by atoms with Gasteiger partial charge < -0.3 is 14.2 Å². The first-order valence-electron chi connectivity index (χ1n) is 9.47. The van der Waals surface area contributed by atoms with Crippen molar-refractivity contribution in [3.05, 3.63) is 56.9 Å². The van der Waals surface area contributed by atoms with Crippen LogP contribution >= 0.6 is 0 Å². The van der Waals surface area contributed by atoms with E-state index >= 15 is 0 Å². The molecular formula is C21H22N2O7. The smallest absolute Gasteiger partial charge is 0.340 e. The number of hydrogen-bond donors (Lipinski definition) is 0. The lowest BCUT2D eigenvalue weighted by Gasteiger charge is -2.18. The summed E-state index contributed by atoms with van der Waals surface area (Å²) in [5.41, 5.74) is 0.515. The van der Waals surface area contributed by atoms with Crippen molar-refractivity contribution in [3.8, 4) is 11.1 Å². The van der Waals surface area contributed by atoms with Gasteiger partial charge in [0.05, 0.1) is 46.2 Å². The molecule has 0 radical (unpaired) electrons. The molecule has 1 aliphatic rings. The zero-order chi connectivity index (χ0) is 21.8. The number of aromatic nitrogens is 1. The summed E-state index contributed by atoms with van der Waals surface area (Å²) in [6.45, 7) is 3.84. The van der Waals surface area contributed by atoms with Gasteiger partial charge in [0.1, 0.15) is 6.61 Å². The van der Waals surface area contributed by atoms with Gasteiger partial charge in [0, 0.05) is 18.2 Å². The Balaban J connectivity index is 2.20. The summed E-state index contributed by atoms with van der Waals surface area (Å²) < 4.78 is 15.8. The van der Waals surface area contributed by atoms with Gasteiger partial charge in [-0.3, -0.25) is 15.1 Å². The molecule has 0 spiro atoms. The van der Waals surface area contributed by atoms with E-state index in [1.807, 2.05) is 0 Å². The van der Waals surface area contributed by atoms with Crippen molar-refractivity contribution >= 4 is 17.6 Å². The van der Waals surface area contributed by atoms with Gasteiger partial charge in [-0.1, -0.05) is 12.1 Å². The molecule has 2 heterocycles. The predicted molar refractivity (Wildman–Crippen MR) is 106 cm³/mol. The first kappa shape index (κ1) is 21.4. The summed E-state index contributed by atoms with van der Waals surface area (Å²) >= 11 is 0. The normalized spacial score (nSPS) is 15.6. The molecule has 9 heteroatoms. The zero-order valence-electron chi connectivity index (χ0n) is 17.0. The van der Waals surface area contributed by atoms with Gasteiger partial charge in [0.2, 0.25) is 0 Å². The molecule has 1 fully saturated rings. The minimum atomic E-state index is -0.749. The van der Waals surface area contributed by atoms with E-state index in [9.17, 15) is 19.7 Å². The molecule has 1 atom stereocenters. The highest BCUT2D eigenvalue weighted by Crippen LogP contribution is 2.37. The average molecular weight is 414 g/mol. The molecule has 0 unspecified atom stereocenters. The minimum Gasteiger partial charge on any atom is -0.465 e. The van der Waals surface area contributed by atoms with Crippen molar-refractivity contribution in [1.82, 2.24) is 4.98 Å². The van der Waals surface area contributed by atoms with Crippen molar-refractivity contribution < 1.29 is 28.7 Å². The van der Waals surface area contributed by atoms with Crippen LogP contribution in [0.1, 0.15) is 44.9 Å². The van der Waals surface area contributed by atoms with Crippen LogP contribution < -0.4 is 0 Å². The van der Waals surface area contributed by atoms with Crippen LogP contribution in [0.2, 0.25) is 0 Å². The second-order valence-electron chi connectivity index (χ2n) is 6.91. The van der Waals surface area contributed by atoms with Gasteiger partial charge in [0.15, 0.2) is 0 Å². The minimum absolute atomic E-state index is 0.00621. The maximum atomic E-state index is 13.0. The number of aryl methyl sites for hydroxylation is 2. The number of esters is 2. The third-order valence-electron chi connectivity index (χ3n) is 4.95. The number of carbonyl (C=O) groups is 2. The third kappa shape index (κ3) is 4.16. The van der Waals surface area contributed by atoms with Crippen LogP contribution in [0.15, 0.2) is 24.3 Å². The fraction of sp³-hybridized carbons (Fsp3) is 0.381. The van der Waals surface area contributed by atoms with E-state index in [-0.39, 0.29) is 40.7 Å². The summed E-state index contributed by atoms with van der Waals surface area (Å²) in [7, 11) is 1.19. The highest BCUT2D eigenvalue weighted by molar-refractivity contribution is 6.08. The molecular weight excluding hydrogens is 392 g/mol. The fourth-order valence-corrected chi connectivity index (χ4v) is 3.58. The number of methoxy groups -OCH3 is 1. The number of pyridine rings is 1. The Morgan fingerprint density at radius 1 is 1.20 bits per heavy atom. The lowest BCUT2D eigenvalue weighted by Crippen LogP contribution is -2.21. The first-order chi connectivity index (χ1) is 14.3. The van der Waals surface area contributed by atoms with E-state index in [0.717, 1.165) is 12.8 Å². The Hall–Kier alpha value is -3.33. The monoisotopic (exact) mass is 414 g/mol. The molecule has 9 nitrogen and oxygen atoms in total. The maximum absolute atomic E-state index is 13.0. The van der Waals surface area contributed by atoms with E-state index in [0.29, 0.717) is 18.0 Å². The second kappa shape index (κ2) is 9.00. The standard InChI is InChI=1S/C21H22N2O7/c1-12-17(20(24)28-3)19(15-8-4-5-9-16(15)23(26)27)18(13(2)22-12)21(25)30-11-14-7-6-10-29-14/h4-5,8-9,14H,6-7,10-11H2,1-3H3/t14-/m1/s1. The van der Waals surface area contributed by atoms with E-state index in [2.05, 4.69) is 4.98 Å². The fourth-order valence-electron chi connectivity index (χ4n) is 3.58. The Bertz CT molecular complexity index is 997. The van der Waals surface area contributed by atoms with Gasteiger partial charge in [-0.05, 0) is 32.8 Å². The largest absolute Gasteiger partial charge is 0.465 e. The molecule has 158 valence electrons. The highest BCUT2D eigenvalue weighted by Gasteiger charge is 2.31. The van der Waals surface area contributed by atoms with Crippen LogP contribution in [-0.2, 0) is 14.2 Å². The van der Waals surface area contributed by atoms with Crippen molar-refractivity contribution in [2.24, 2.45) is 0 Å². The van der Waals surface area contributed by atoms with Crippen molar-refractivity contribution in [1.29, 1.82) is 0 Å². The van der Waals surface area contributed by atoms with Crippen LogP contribution in [0.3, 0.4) is 0 Å². The molecule has 2 aromatic rings. The molecule has 1 saturated heterocycles. The van der Waals surface area contributed by atoms with Gasteiger partial charge >= 0.3 is 11.9 Å². The summed E-state index contributed by atoms with van der Waals surface area (Å²) in [6, 6.07) is 5.89. The van der Waals surface area contributed by atoms with E-state index in [1.54, 1.807) is 19.9 Å². The van der Waals surface area contributed by atoms with E-state index in [1.165, 1.54) is 25.3 Å². The zero-order valence-corrected chi connectivity index (χ0v) is 17.0. The summed E-state index contributed by atoms with van der Waals surface area (Å²) in [5, 5.41) is 11.6. The van der Waals surface area contributed by atoms with Crippen LogP contribution in [-0.4, -0.2) is 48.3 Å². The highest BCUT2D eigenvalue weighted by atomic mass is 16.6. The number of nitrogens with zero attached hydrogens (tertiary/aromatic N) is 2. The number of rotatable bonds is 6. The number of hydrogen-bond acceptors (Lipinski definition) is 8. The second-order valence-corrected chi connectivity index (χ2v) is 6.91. The molecule has 0 N–H and O–H groups in total. The number of nitro groups is 1. The van der Waals surface area contributed by atoms with Crippen molar-refractivity contribution in [2.75, 3.05) is 20.3 Å². The lowest BCUT2D eigenvalue weighted by molar-refractivity contribution is -0.384. The Morgan fingerprint density at radius 3 is 2.47 bits per heavy atom. The van der Waals surface area contributed by atoms with E-state index < -0.39 is 16.9 Å². The SMILES string of the molecule is COC(=O)c1c(C)nc(C)c(C(=O)OC[C@H]2CCCO2)c1-c1ccccc1[N+](=O)[O-]. The lowest BCUT2D eigenvalue weighted by atomic mass is 9.91. The number of para-hydroxylation sites is 1. The van der Waals surface area contributed by atoms with Crippen molar-refractivity contribution in [2.45, 2.75) is 32.8 Å². The van der Waals surface area contributed by atoms with Gasteiger partial charge in [-0.25, -0.2) is 9.59 Å². The Kier molecular flexibility index (Phi) is 6.41. The number of ether oxygens (including phenoxy) is 3. The molecule has 0 saturated carbocycles. The molecule has 3 rings (SSSR count). The van der Waals surface area contributed by atoms with Crippen LogP contribution in [0.5, 0.6) is 0 Å². The molecule has 1 aromatic carbocycles. The topological polar surface area (TPSA) is 118 Å².